The van der Waals surface area contributed by atoms with Crippen LogP contribution in [0.5, 0.6) is 0 Å². The molecule has 0 unspecified atom stereocenters. The van der Waals surface area contributed by atoms with Gasteiger partial charge in [-0.15, -0.1) is 0 Å². The standard InChI is InChI=1S/C12H21FN4O3S/c1-12(2,8-16-21(4,19)20)15-6-11(18)17-7-9(13)5-10(17)14-3/h9-10,15-16H,5-8H2,1-2,4H3/t9-,10-/m0/s1. The summed E-state index contributed by atoms with van der Waals surface area (Å²) in [5.41, 5.74) is -0.638. The first kappa shape index (κ1) is 17.8. The van der Waals surface area contributed by atoms with Gasteiger partial charge in [0.2, 0.25) is 15.9 Å². The molecule has 21 heavy (non-hydrogen) atoms. The molecule has 0 aromatic carbocycles. The fourth-order valence-corrected chi connectivity index (χ4v) is 2.57. The van der Waals surface area contributed by atoms with Gasteiger partial charge in [0, 0.05) is 12.1 Å². The zero-order valence-electron chi connectivity index (χ0n) is 12.4. The van der Waals surface area contributed by atoms with Gasteiger partial charge in [-0.25, -0.2) is 24.1 Å². The van der Waals surface area contributed by atoms with Crippen molar-refractivity contribution in [3.8, 4) is 0 Å². The second kappa shape index (κ2) is 6.68. The van der Waals surface area contributed by atoms with E-state index >= 15 is 0 Å². The van der Waals surface area contributed by atoms with Crippen molar-refractivity contribution in [3.63, 3.8) is 0 Å². The molecule has 120 valence electrons. The number of alkyl halides is 1. The highest BCUT2D eigenvalue weighted by atomic mass is 32.2. The molecule has 9 heteroatoms. The number of likely N-dealkylation sites (tertiary alicyclic amines) is 1. The van der Waals surface area contributed by atoms with Gasteiger partial charge < -0.3 is 5.32 Å². The van der Waals surface area contributed by atoms with Crippen LogP contribution in [0.3, 0.4) is 0 Å². The molecule has 2 N–H and O–H groups in total. The molecule has 1 heterocycles. The summed E-state index contributed by atoms with van der Waals surface area (Å²) in [6, 6.07) is 0. The molecule has 1 fully saturated rings. The smallest absolute Gasteiger partial charge is 0.302 e. The van der Waals surface area contributed by atoms with E-state index in [9.17, 15) is 17.6 Å². The maximum Gasteiger partial charge on any atom is 0.303 e. The van der Waals surface area contributed by atoms with Gasteiger partial charge in [-0.05, 0) is 13.8 Å². The first-order chi connectivity index (χ1) is 9.54. The van der Waals surface area contributed by atoms with E-state index in [0.717, 1.165) is 6.26 Å². The van der Waals surface area contributed by atoms with Gasteiger partial charge in [-0.1, -0.05) is 0 Å². The quantitative estimate of drug-likeness (QED) is 0.660. The van der Waals surface area contributed by atoms with Gasteiger partial charge in [-0.2, -0.15) is 0 Å². The van der Waals surface area contributed by atoms with Crippen LogP contribution in [0, 0.1) is 6.57 Å². The molecular weight excluding hydrogens is 299 g/mol. The molecule has 1 amide bonds. The van der Waals surface area contributed by atoms with Gasteiger partial charge in [0.1, 0.15) is 6.17 Å². The van der Waals surface area contributed by atoms with Crippen LogP contribution in [-0.2, 0) is 14.8 Å². The van der Waals surface area contributed by atoms with Crippen molar-refractivity contribution in [1.29, 1.82) is 0 Å². The zero-order chi connectivity index (χ0) is 16.3. The zero-order valence-corrected chi connectivity index (χ0v) is 13.2. The molecule has 1 rings (SSSR count). The Morgan fingerprint density at radius 2 is 2.14 bits per heavy atom. The number of carbonyl (C=O) groups is 1. The lowest BCUT2D eigenvalue weighted by atomic mass is 10.1. The number of carbonyl (C=O) groups excluding carboxylic acids is 1. The van der Waals surface area contributed by atoms with Crippen molar-refractivity contribution in [2.45, 2.75) is 38.1 Å². The highest BCUT2D eigenvalue weighted by Crippen LogP contribution is 2.21. The van der Waals surface area contributed by atoms with Crippen LogP contribution < -0.4 is 10.0 Å². The lowest BCUT2D eigenvalue weighted by molar-refractivity contribution is -0.130. The molecule has 0 radical (unpaired) electrons. The SMILES string of the molecule is [C-]#[N+][C@@H]1C[C@H](F)CN1C(=O)CNC(C)(C)CNS(C)(=O)=O. The van der Waals surface area contributed by atoms with Crippen LogP contribution in [0.1, 0.15) is 20.3 Å². The number of amides is 1. The van der Waals surface area contributed by atoms with E-state index in [4.69, 9.17) is 6.57 Å². The third-order valence-corrected chi connectivity index (χ3v) is 3.85. The molecule has 0 aromatic rings. The summed E-state index contributed by atoms with van der Waals surface area (Å²) >= 11 is 0. The van der Waals surface area contributed by atoms with E-state index < -0.39 is 27.9 Å². The number of nitrogens with zero attached hydrogens (tertiary/aromatic N) is 2. The Labute approximate surface area is 124 Å². The lowest BCUT2D eigenvalue weighted by Gasteiger charge is -2.27. The largest absolute Gasteiger partial charge is 0.303 e. The van der Waals surface area contributed by atoms with Gasteiger partial charge >= 0.3 is 6.17 Å². The average Bonchev–Trinajstić information content (AvgIpc) is 2.74. The van der Waals surface area contributed by atoms with Crippen LogP contribution in [0.15, 0.2) is 0 Å². The number of hydrogen-bond acceptors (Lipinski definition) is 4. The molecule has 7 nitrogen and oxygen atoms in total. The summed E-state index contributed by atoms with van der Waals surface area (Å²) in [5.74, 6) is -0.358. The van der Waals surface area contributed by atoms with Gasteiger partial charge in [-0.3, -0.25) is 14.5 Å². The first-order valence-corrected chi connectivity index (χ1v) is 8.43. The maximum atomic E-state index is 13.3. The Kier molecular flexibility index (Phi) is 5.67. The predicted molar refractivity (Wildman–Crippen MR) is 76.5 cm³/mol. The predicted octanol–water partition coefficient (Wildman–Crippen LogP) is -0.280. The molecule has 2 atom stereocenters. The number of sulfonamides is 1. The third kappa shape index (κ3) is 5.95. The van der Waals surface area contributed by atoms with Gasteiger partial charge in [0.15, 0.2) is 0 Å². The van der Waals surface area contributed by atoms with Crippen LogP contribution in [-0.4, -0.2) is 63.0 Å². The molecule has 0 bridgehead atoms. The van der Waals surface area contributed by atoms with E-state index in [2.05, 4.69) is 14.9 Å². The van der Waals surface area contributed by atoms with Gasteiger partial charge in [0.25, 0.3) is 0 Å². The van der Waals surface area contributed by atoms with Crippen molar-refractivity contribution in [2.75, 3.05) is 25.9 Å². The Balaban J connectivity index is 2.50. The molecule has 0 aliphatic carbocycles. The first-order valence-electron chi connectivity index (χ1n) is 6.54. The summed E-state index contributed by atoms with van der Waals surface area (Å²) in [7, 11) is -3.31. The Bertz CT molecular complexity index is 529. The minimum atomic E-state index is -3.31. The maximum absolute atomic E-state index is 13.3. The number of nitrogens with one attached hydrogen (secondary N) is 2. The second-order valence-corrected chi connectivity index (χ2v) is 7.65. The molecular formula is C12H21FN4O3S. The van der Waals surface area contributed by atoms with Crippen LogP contribution in [0.2, 0.25) is 0 Å². The van der Waals surface area contributed by atoms with E-state index in [1.54, 1.807) is 13.8 Å². The molecule has 1 aliphatic rings. The number of rotatable bonds is 6. The normalized spacial score (nSPS) is 23.1. The van der Waals surface area contributed by atoms with E-state index in [1.165, 1.54) is 4.90 Å². The summed E-state index contributed by atoms with van der Waals surface area (Å²) < 4.78 is 37.7. The van der Waals surface area contributed by atoms with E-state index in [0.29, 0.717) is 0 Å². The van der Waals surface area contributed by atoms with Crippen molar-refractivity contribution in [1.82, 2.24) is 14.9 Å². The molecule has 0 aromatic heterocycles. The number of halogens is 1. The Morgan fingerprint density at radius 3 is 2.67 bits per heavy atom. The molecule has 1 saturated heterocycles. The third-order valence-electron chi connectivity index (χ3n) is 3.18. The molecule has 1 aliphatic heterocycles. The molecule has 0 saturated carbocycles. The van der Waals surface area contributed by atoms with Crippen LogP contribution in [0.4, 0.5) is 4.39 Å². The minimum absolute atomic E-state index is 0.0499. The fourth-order valence-electron chi connectivity index (χ4n) is 1.95. The van der Waals surface area contributed by atoms with Crippen molar-refractivity contribution in [2.24, 2.45) is 0 Å². The lowest BCUT2D eigenvalue weighted by Crippen LogP contribution is -2.52. The summed E-state index contributed by atoms with van der Waals surface area (Å²) in [4.78, 5) is 16.5. The molecule has 0 spiro atoms. The summed E-state index contributed by atoms with van der Waals surface area (Å²) in [6.07, 6.45) is -0.798. The number of hydrogen-bond donors (Lipinski definition) is 2. The van der Waals surface area contributed by atoms with E-state index in [1.807, 2.05) is 0 Å². The average molecular weight is 320 g/mol. The van der Waals surface area contributed by atoms with Crippen molar-refractivity contribution in [3.05, 3.63) is 11.4 Å². The van der Waals surface area contributed by atoms with Crippen LogP contribution >= 0.6 is 0 Å². The fraction of sp³-hybridized carbons (Fsp3) is 0.833. The Morgan fingerprint density at radius 1 is 1.52 bits per heavy atom. The Hall–Kier alpha value is -1.24. The van der Waals surface area contributed by atoms with E-state index in [-0.39, 0.29) is 32.0 Å². The van der Waals surface area contributed by atoms with Gasteiger partial charge in [0.05, 0.1) is 25.8 Å². The van der Waals surface area contributed by atoms with Crippen LogP contribution in [0.25, 0.3) is 4.85 Å². The van der Waals surface area contributed by atoms with Crippen molar-refractivity contribution < 1.29 is 17.6 Å². The highest BCUT2D eigenvalue weighted by Gasteiger charge is 2.39. The topological polar surface area (TPSA) is 82.9 Å². The minimum Gasteiger partial charge on any atom is -0.302 e. The monoisotopic (exact) mass is 320 g/mol. The highest BCUT2D eigenvalue weighted by molar-refractivity contribution is 7.88. The van der Waals surface area contributed by atoms with Crippen molar-refractivity contribution >= 4 is 15.9 Å². The summed E-state index contributed by atoms with van der Waals surface area (Å²) in [6.45, 7) is 10.4. The second-order valence-electron chi connectivity index (χ2n) is 5.82. The summed E-state index contributed by atoms with van der Waals surface area (Å²) in [5, 5.41) is 2.92.